The number of rotatable bonds is 8. The van der Waals surface area contributed by atoms with E-state index in [0.29, 0.717) is 18.7 Å². The van der Waals surface area contributed by atoms with E-state index in [1.165, 1.54) is 0 Å². The SMILES string of the molecule is NCC[C@H](N)Cc1cnc(C[C@H](O)[C@@H](N)CO)cn1. The maximum absolute atomic E-state index is 9.67. The fourth-order valence-corrected chi connectivity index (χ4v) is 1.66. The molecule has 108 valence electrons. The predicted octanol–water partition coefficient (Wildman–Crippen LogP) is -2.08. The van der Waals surface area contributed by atoms with Gasteiger partial charge in [0.1, 0.15) is 0 Å². The Balaban J connectivity index is 2.51. The molecule has 0 bridgehead atoms. The Hall–Kier alpha value is -1.12. The molecule has 0 spiro atoms. The van der Waals surface area contributed by atoms with E-state index >= 15 is 0 Å². The summed E-state index contributed by atoms with van der Waals surface area (Å²) in [6.45, 7) is 0.290. The number of aliphatic hydroxyl groups is 2. The number of hydrogen-bond donors (Lipinski definition) is 5. The van der Waals surface area contributed by atoms with Crippen molar-refractivity contribution in [2.75, 3.05) is 13.2 Å². The van der Waals surface area contributed by atoms with Gasteiger partial charge in [-0.1, -0.05) is 0 Å². The third kappa shape index (κ3) is 5.58. The molecule has 0 aliphatic rings. The first-order valence-corrected chi connectivity index (χ1v) is 6.36. The zero-order chi connectivity index (χ0) is 14.3. The Morgan fingerprint density at radius 2 is 1.68 bits per heavy atom. The van der Waals surface area contributed by atoms with Crippen LogP contribution in [0.1, 0.15) is 17.8 Å². The maximum atomic E-state index is 9.67. The minimum absolute atomic E-state index is 0.0152. The van der Waals surface area contributed by atoms with E-state index in [1.54, 1.807) is 12.4 Å². The third-order valence-electron chi connectivity index (χ3n) is 2.89. The summed E-state index contributed by atoms with van der Waals surface area (Å²) in [5.74, 6) is 0. The van der Waals surface area contributed by atoms with Gasteiger partial charge < -0.3 is 27.4 Å². The van der Waals surface area contributed by atoms with E-state index in [9.17, 15) is 5.11 Å². The second-order valence-electron chi connectivity index (χ2n) is 4.66. The molecular formula is C12H23N5O2. The summed E-state index contributed by atoms with van der Waals surface area (Å²) in [6, 6.07) is -0.682. The number of nitrogens with two attached hydrogens (primary N) is 3. The van der Waals surface area contributed by atoms with Crippen molar-refractivity contribution in [1.82, 2.24) is 9.97 Å². The van der Waals surface area contributed by atoms with Crippen molar-refractivity contribution in [3.63, 3.8) is 0 Å². The predicted molar refractivity (Wildman–Crippen MR) is 72.2 cm³/mol. The third-order valence-corrected chi connectivity index (χ3v) is 2.89. The first-order valence-electron chi connectivity index (χ1n) is 6.36. The lowest BCUT2D eigenvalue weighted by atomic mass is 10.1. The largest absolute Gasteiger partial charge is 0.395 e. The summed E-state index contributed by atoms with van der Waals surface area (Å²) in [7, 11) is 0. The second kappa shape index (κ2) is 8.13. The van der Waals surface area contributed by atoms with E-state index in [1.807, 2.05) is 0 Å². The van der Waals surface area contributed by atoms with E-state index in [2.05, 4.69) is 9.97 Å². The first-order chi connectivity index (χ1) is 9.06. The molecule has 1 aromatic rings. The van der Waals surface area contributed by atoms with Gasteiger partial charge in [0, 0.05) is 31.3 Å². The van der Waals surface area contributed by atoms with Crippen LogP contribution in [-0.2, 0) is 12.8 Å². The maximum Gasteiger partial charge on any atom is 0.0769 e. The topological polar surface area (TPSA) is 144 Å². The van der Waals surface area contributed by atoms with Crippen molar-refractivity contribution in [2.24, 2.45) is 17.2 Å². The molecule has 19 heavy (non-hydrogen) atoms. The Bertz CT molecular complexity index is 360. The molecule has 1 aromatic heterocycles. The highest BCUT2D eigenvalue weighted by Crippen LogP contribution is 2.04. The highest BCUT2D eigenvalue weighted by atomic mass is 16.3. The Labute approximate surface area is 112 Å². The van der Waals surface area contributed by atoms with E-state index in [-0.39, 0.29) is 19.1 Å². The Morgan fingerprint density at radius 1 is 1.11 bits per heavy atom. The molecule has 7 heteroatoms. The Morgan fingerprint density at radius 3 is 2.16 bits per heavy atom. The molecule has 0 radical (unpaired) electrons. The van der Waals surface area contributed by atoms with Crippen LogP contribution in [0.2, 0.25) is 0 Å². The lowest BCUT2D eigenvalue weighted by molar-refractivity contribution is 0.108. The smallest absolute Gasteiger partial charge is 0.0769 e. The number of hydrogen-bond acceptors (Lipinski definition) is 7. The van der Waals surface area contributed by atoms with Gasteiger partial charge in [-0.2, -0.15) is 0 Å². The molecule has 1 rings (SSSR count). The van der Waals surface area contributed by atoms with Gasteiger partial charge in [0.25, 0.3) is 0 Å². The van der Waals surface area contributed by atoms with E-state index in [0.717, 1.165) is 12.1 Å². The van der Waals surface area contributed by atoms with Gasteiger partial charge in [-0.15, -0.1) is 0 Å². The van der Waals surface area contributed by atoms with Crippen molar-refractivity contribution >= 4 is 0 Å². The normalized spacial score (nSPS) is 16.1. The van der Waals surface area contributed by atoms with E-state index < -0.39 is 12.1 Å². The van der Waals surface area contributed by atoms with Crippen LogP contribution in [-0.4, -0.2) is 51.5 Å². The minimum Gasteiger partial charge on any atom is -0.395 e. The average molecular weight is 269 g/mol. The van der Waals surface area contributed by atoms with Gasteiger partial charge in [0.05, 0.1) is 30.1 Å². The summed E-state index contributed by atoms with van der Waals surface area (Å²) < 4.78 is 0. The van der Waals surface area contributed by atoms with Crippen LogP contribution in [0.4, 0.5) is 0 Å². The number of nitrogens with zero attached hydrogens (tertiary/aromatic N) is 2. The van der Waals surface area contributed by atoms with Gasteiger partial charge in [-0.25, -0.2) is 0 Å². The van der Waals surface area contributed by atoms with Gasteiger partial charge in [-0.05, 0) is 13.0 Å². The summed E-state index contributed by atoms with van der Waals surface area (Å²) in [4.78, 5) is 8.44. The van der Waals surface area contributed by atoms with Crippen LogP contribution in [0.25, 0.3) is 0 Å². The minimum atomic E-state index is -0.829. The molecule has 8 N–H and O–H groups in total. The Kier molecular flexibility index (Phi) is 6.82. The van der Waals surface area contributed by atoms with E-state index in [4.69, 9.17) is 22.3 Å². The molecule has 0 aliphatic carbocycles. The fourth-order valence-electron chi connectivity index (χ4n) is 1.66. The summed E-state index contributed by atoms with van der Waals surface area (Å²) in [6.07, 6.45) is 4.05. The van der Waals surface area contributed by atoms with Gasteiger partial charge >= 0.3 is 0 Å². The lowest BCUT2D eigenvalue weighted by Crippen LogP contribution is -2.39. The van der Waals surface area contributed by atoms with Crippen molar-refractivity contribution < 1.29 is 10.2 Å². The molecule has 1 heterocycles. The highest BCUT2D eigenvalue weighted by molar-refractivity contribution is 5.05. The molecule has 0 aromatic carbocycles. The van der Waals surface area contributed by atoms with Crippen LogP contribution in [0.3, 0.4) is 0 Å². The first kappa shape index (κ1) is 15.9. The molecular weight excluding hydrogens is 246 g/mol. The van der Waals surface area contributed by atoms with Crippen LogP contribution in [0, 0.1) is 0 Å². The van der Waals surface area contributed by atoms with Crippen molar-refractivity contribution in [3.05, 3.63) is 23.8 Å². The highest BCUT2D eigenvalue weighted by Gasteiger charge is 2.15. The summed E-state index contributed by atoms with van der Waals surface area (Å²) >= 11 is 0. The average Bonchev–Trinajstić information content (AvgIpc) is 2.40. The molecule has 0 unspecified atom stereocenters. The van der Waals surface area contributed by atoms with Crippen LogP contribution < -0.4 is 17.2 Å². The zero-order valence-electron chi connectivity index (χ0n) is 10.9. The second-order valence-corrected chi connectivity index (χ2v) is 4.66. The molecule has 0 aliphatic heterocycles. The van der Waals surface area contributed by atoms with Gasteiger partial charge in [0.15, 0.2) is 0 Å². The standard InChI is InChI=1S/C12H23N5O2/c13-2-1-8(14)3-9-5-17-10(6-16-9)4-12(19)11(15)7-18/h5-6,8,11-12,18-19H,1-4,7,13-15H2/t8-,11-,12-/m0/s1. The fraction of sp³-hybridized carbons (Fsp3) is 0.667. The summed E-state index contributed by atoms with van der Waals surface area (Å²) in [5, 5.41) is 18.5. The quantitative estimate of drug-likeness (QED) is 0.364. The molecule has 3 atom stereocenters. The number of aliphatic hydroxyl groups excluding tert-OH is 2. The van der Waals surface area contributed by atoms with Crippen molar-refractivity contribution in [2.45, 2.75) is 37.5 Å². The van der Waals surface area contributed by atoms with Crippen LogP contribution >= 0.6 is 0 Å². The zero-order valence-corrected chi connectivity index (χ0v) is 10.9. The molecule has 7 nitrogen and oxygen atoms in total. The van der Waals surface area contributed by atoms with Crippen LogP contribution in [0.5, 0.6) is 0 Å². The molecule has 0 saturated carbocycles. The summed E-state index contributed by atoms with van der Waals surface area (Å²) in [5.41, 5.74) is 18.2. The van der Waals surface area contributed by atoms with Gasteiger partial charge in [0.2, 0.25) is 0 Å². The molecule has 0 fully saturated rings. The number of aromatic nitrogens is 2. The van der Waals surface area contributed by atoms with Crippen LogP contribution in [0.15, 0.2) is 12.4 Å². The lowest BCUT2D eigenvalue weighted by Gasteiger charge is -2.16. The monoisotopic (exact) mass is 269 g/mol. The van der Waals surface area contributed by atoms with Gasteiger partial charge in [-0.3, -0.25) is 9.97 Å². The van der Waals surface area contributed by atoms with Crippen molar-refractivity contribution in [1.29, 1.82) is 0 Å². The van der Waals surface area contributed by atoms with Crippen molar-refractivity contribution in [3.8, 4) is 0 Å². The molecule has 0 saturated heterocycles. The molecule has 0 amide bonds.